The highest BCUT2D eigenvalue weighted by Crippen LogP contribution is 2.25. The van der Waals surface area contributed by atoms with Crippen LogP contribution in [-0.4, -0.2) is 24.7 Å². The van der Waals surface area contributed by atoms with Crippen molar-refractivity contribution in [3.8, 4) is 0 Å². The Hall–Kier alpha value is -0.570. The van der Waals surface area contributed by atoms with Crippen LogP contribution >= 0.6 is 0 Å². The van der Waals surface area contributed by atoms with Crippen LogP contribution in [0.25, 0.3) is 0 Å². The van der Waals surface area contributed by atoms with E-state index in [1.807, 2.05) is 0 Å². The molecule has 1 amide bonds. The zero-order chi connectivity index (χ0) is 15.2. The van der Waals surface area contributed by atoms with Gasteiger partial charge in [0, 0.05) is 19.1 Å². The maximum Gasteiger partial charge on any atom is 0.220 e. The van der Waals surface area contributed by atoms with Gasteiger partial charge in [0.1, 0.15) is 0 Å². The van der Waals surface area contributed by atoms with Crippen molar-refractivity contribution < 1.29 is 9.53 Å². The number of hydrogen-bond donors (Lipinski definition) is 1. The maximum absolute atomic E-state index is 12.1. The Bertz CT molecular complexity index is 288. The van der Waals surface area contributed by atoms with Crippen molar-refractivity contribution in [1.29, 1.82) is 0 Å². The predicted molar refractivity (Wildman–Crippen MR) is 83.7 cm³/mol. The number of amides is 1. The second-order valence-electron chi connectivity index (χ2n) is 7.63. The summed E-state index contributed by atoms with van der Waals surface area (Å²) in [6, 6.07) is 0.266. The molecule has 0 aliphatic carbocycles. The average molecular weight is 283 g/mol. The van der Waals surface area contributed by atoms with Gasteiger partial charge in [-0.3, -0.25) is 4.79 Å². The molecule has 2 unspecified atom stereocenters. The van der Waals surface area contributed by atoms with Crippen molar-refractivity contribution >= 4 is 5.91 Å². The van der Waals surface area contributed by atoms with Gasteiger partial charge in [-0.05, 0) is 43.4 Å². The van der Waals surface area contributed by atoms with Crippen LogP contribution in [0, 0.1) is 11.3 Å². The molecule has 0 radical (unpaired) electrons. The van der Waals surface area contributed by atoms with Gasteiger partial charge >= 0.3 is 0 Å². The summed E-state index contributed by atoms with van der Waals surface area (Å²) in [4.78, 5) is 12.1. The first kappa shape index (κ1) is 17.5. The third-order valence-corrected chi connectivity index (χ3v) is 4.13. The summed E-state index contributed by atoms with van der Waals surface area (Å²) in [6.45, 7) is 12.0. The minimum absolute atomic E-state index is 0.119. The number of ether oxygens (including phenoxy) is 1. The van der Waals surface area contributed by atoms with Gasteiger partial charge in [-0.1, -0.05) is 34.6 Å². The molecule has 2 atom stereocenters. The molecule has 0 spiro atoms. The zero-order valence-corrected chi connectivity index (χ0v) is 14.0. The zero-order valence-electron chi connectivity index (χ0n) is 14.0. The van der Waals surface area contributed by atoms with Crippen molar-refractivity contribution in [3.63, 3.8) is 0 Å². The molecule has 118 valence electrons. The fourth-order valence-corrected chi connectivity index (χ4v) is 2.65. The molecular formula is C17H33NO2. The molecule has 1 aliphatic rings. The number of hydrogen-bond acceptors (Lipinski definition) is 2. The van der Waals surface area contributed by atoms with Gasteiger partial charge in [-0.2, -0.15) is 0 Å². The lowest BCUT2D eigenvalue weighted by Crippen LogP contribution is -2.44. The number of rotatable bonds is 7. The molecule has 0 aromatic rings. The Labute approximate surface area is 124 Å². The Morgan fingerprint density at radius 2 is 2.00 bits per heavy atom. The van der Waals surface area contributed by atoms with E-state index in [-0.39, 0.29) is 17.4 Å². The van der Waals surface area contributed by atoms with E-state index in [4.69, 9.17) is 4.74 Å². The average Bonchev–Trinajstić information content (AvgIpc) is 2.83. The molecule has 3 heteroatoms. The number of carbonyl (C=O) groups is 1. The lowest BCUT2D eigenvalue weighted by Gasteiger charge is -2.32. The van der Waals surface area contributed by atoms with Gasteiger partial charge < -0.3 is 10.1 Å². The van der Waals surface area contributed by atoms with Crippen LogP contribution < -0.4 is 5.32 Å². The lowest BCUT2D eigenvalue weighted by atomic mass is 9.82. The summed E-state index contributed by atoms with van der Waals surface area (Å²) in [7, 11) is 0. The van der Waals surface area contributed by atoms with Gasteiger partial charge in [0.2, 0.25) is 5.91 Å². The largest absolute Gasteiger partial charge is 0.378 e. The standard InChI is InChI=1S/C17H33NO2/c1-13(2)8-10-15(17(3,4)5)18-16(19)11-9-14-7-6-12-20-14/h13-15H,6-12H2,1-5H3,(H,18,19). The van der Waals surface area contributed by atoms with E-state index in [1.54, 1.807) is 0 Å². The first-order valence-corrected chi connectivity index (χ1v) is 8.20. The Balaban J connectivity index is 2.36. The number of nitrogens with one attached hydrogen (secondary N) is 1. The predicted octanol–water partition coefficient (Wildman–Crippen LogP) is 3.91. The van der Waals surface area contributed by atoms with Crippen LogP contribution in [0.5, 0.6) is 0 Å². The molecule has 1 heterocycles. The molecule has 1 aliphatic heterocycles. The normalized spacial score (nSPS) is 21.2. The monoisotopic (exact) mass is 283 g/mol. The van der Waals surface area contributed by atoms with E-state index in [9.17, 15) is 4.79 Å². The van der Waals surface area contributed by atoms with Gasteiger partial charge in [0.25, 0.3) is 0 Å². The van der Waals surface area contributed by atoms with Crippen LogP contribution in [0.4, 0.5) is 0 Å². The summed E-state index contributed by atoms with van der Waals surface area (Å²) in [5.41, 5.74) is 0.119. The smallest absolute Gasteiger partial charge is 0.220 e. The van der Waals surface area contributed by atoms with Crippen LogP contribution in [0.1, 0.15) is 73.1 Å². The molecule has 3 nitrogen and oxygen atoms in total. The van der Waals surface area contributed by atoms with Crippen molar-refractivity contribution in [2.45, 2.75) is 85.3 Å². The van der Waals surface area contributed by atoms with Crippen LogP contribution in [0.2, 0.25) is 0 Å². The quantitative estimate of drug-likeness (QED) is 0.769. The molecule has 1 N–H and O–H groups in total. The highest BCUT2D eigenvalue weighted by Gasteiger charge is 2.26. The summed E-state index contributed by atoms with van der Waals surface area (Å²) in [5, 5.41) is 3.24. The van der Waals surface area contributed by atoms with Crippen molar-refractivity contribution in [1.82, 2.24) is 5.32 Å². The highest BCUT2D eigenvalue weighted by atomic mass is 16.5. The van der Waals surface area contributed by atoms with E-state index in [2.05, 4.69) is 39.9 Å². The SMILES string of the molecule is CC(C)CCC(NC(=O)CCC1CCCO1)C(C)(C)C. The fourth-order valence-electron chi connectivity index (χ4n) is 2.65. The summed E-state index contributed by atoms with van der Waals surface area (Å²) < 4.78 is 5.57. The van der Waals surface area contributed by atoms with Crippen molar-refractivity contribution in [2.24, 2.45) is 11.3 Å². The van der Waals surface area contributed by atoms with Gasteiger partial charge in [0.05, 0.1) is 6.10 Å². The molecule has 0 aromatic carbocycles. The van der Waals surface area contributed by atoms with Crippen molar-refractivity contribution in [3.05, 3.63) is 0 Å². The number of carbonyl (C=O) groups excluding carboxylic acids is 1. The highest BCUT2D eigenvalue weighted by molar-refractivity contribution is 5.76. The minimum atomic E-state index is 0.119. The molecular weight excluding hydrogens is 250 g/mol. The Morgan fingerprint density at radius 1 is 1.30 bits per heavy atom. The summed E-state index contributed by atoms with van der Waals surface area (Å²) >= 11 is 0. The van der Waals surface area contributed by atoms with E-state index in [0.717, 1.165) is 38.7 Å². The molecule has 0 aromatic heterocycles. The van der Waals surface area contributed by atoms with Gasteiger partial charge in [-0.15, -0.1) is 0 Å². The second-order valence-corrected chi connectivity index (χ2v) is 7.63. The van der Waals surface area contributed by atoms with E-state index < -0.39 is 0 Å². The summed E-state index contributed by atoms with van der Waals surface area (Å²) in [6.07, 6.45) is 6.26. The first-order valence-electron chi connectivity index (χ1n) is 8.20. The van der Waals surface area contributed by atoms with Crippen molar-refractivity contribution in [2.75, 3.05) is 6.61 Å². The third kappa shape index (κ3) is 6.74. The molecule has 0 bridgehead atoms. The molecule has 1 rings (SSSR count). The minimum Gasteiger partial charge on any atom is -0.378 e. The Morgan fingerprint density at radius 3 is 2.50 bits per heavy atom. The Kier molecular flexibility index (Phi) is 7.01. The van der Waals surface area contributed by atoms with Crippen LogP contribution in [0.3, 0.4) is 0 Å². The molecule has 0 saturated carbocycles. The fraction of sp³-hybridized carbons (Fsp3) is 0.941. The first-order chi connectivity index (χ1) is 9.29. The lowest BCUT2D eigenvalue weighted by molar-refractivity contribution is -0.123. The molecule has 1 saturated heterocycles. The van der Waals surface area contributed by atoms with Crippen LogP contribution in [-0.2, 0) is 9.53 Å². The topological polar surface area (TPSA) is 38.3 Å². The molecule has 1 fully saturated rings. The van der Waals surface area contributed by atoms with Gasteiger partial charge in [-0.25, -0.2) is 0 Å². The summed E-state index contributed by atoms with van der Waals surface area (Å²) in [5.74, 6) is 0.868. The van der Waals surface area contributed by atoms with Crippen LogP contribution in [0.15, 0.2) is 0 Å². The maximum atomic E-state index is 12.1. The van der Waals surface area contributed by atoms with E-state index >= 15 is 0 Å². The molecule has 20 heavy (non-hydrogen) atoms. The van der Waals surface area contributed by atoms with E-state index in [0.29, 0.717) is 18.4 Å². The van der Waals surface area contributed by atoms with E-state index in [1.165, 1.54) is 0 Å². The third-order valence-electron chi connectivity index (χ3n) is 4.13. The van der Waals surface area contributed by atoms with Gasteiger partial charge in [0.15, 0.2) is 0 Å². The second kappa shape index (κ2) is 8.02.